The monoisotopic (exact) mass is 246 g/mol. The zero-order valence-corrected chi connectivity index (χ0v) is 10.9. The lowest BCUT2D eigenvalue weighted by atomic mass is 10.3. The molecule has 2 aromatic heterocycles. The molecule has 5 heteroatoms. The van der Waals surface area contributed by atoms with Gasteiger partial charge in [0.2, 0.25) is 5.89 Å². The van der Waals surface area contributed by atoms with Crippen molar-refractivity contribution >= 4 is 0 Å². The average molecular weight is 246 g/mol. The van der Waals surface area contributed by atoms with Crippen LogP contribution in [0.5, 0.6) is 0 Å². The molecule has 1 saturated carbocycles. The lowest BCUT2D eigenvalue weighted by molar-refractivity contribution is 0.359. The van der Waals surface area contributed by atoms with E-state index in [9.17, 15) is 0 Å². The number of aryl methyl sites for hydroxylation is 2. The van der Waals surface area contributed by atoms with Crippen molar-refractivity contribution in [2.45, 2.75) is 52.0 Å². The van der Waals surface area contributed by atoms with Gasteiger partial charge in [0.05, 0.1) is 5.69 Å². The van der Waals surface area contributed by atoms with Crippen LogP contribution >= 0.6 is 0 Å². The van der Waals surface area contributed by atoms with Crippen molar-refractivity contribution in [2.24, 2.45) is 0 Å². The molecule has 18 heavy (non-hydrogen) atoms. The number of rotatable bonds is 5. The van der Waals surface area contributed by atoms with Gasteiger partial charge in [-0.3, -0.25) is 4.68 Å². The van der Waals surface area contributed by atoms with E-state index in [-0.39, 0.29) is 0 Å². The van der Waals surface area contributed by atoms with Crippen LogP contribution in [0, 0.1) is 0 Å². The molecule has 0 N–H and O–H groups in total. The van der Waals surface area contributed by atoms with Crippen molar-refractivity contribution in [1.29, 1.82) is 0 Å². The Kier molecular flexibility index (Phi) is 2.89. The van der Waals surface area contributed by atoms with Crippen LogP contribution in [0.3, 0.4) is 0 Å². The fourth-order valence-electron chi connectivity index (χ4n) is 2.08. The fraction of sp³-hybridized carbons (Fsp3) is 0.615. The van der Waals surface area contributed by atoms with Gasteiger partial charge in [0, 0.05) is 11.6 Å². The minimum atomic E-state index is 0.539. The minimum absolute atomic E-state index is 0.539. The van der Waals surface area contributed by atoms with E-state index >= 15 is 0 Å². The lowest BCUT2D eigenvalue weighted by Gasteiger charge is -2.01. The molecule has 3 rings (SSSR count). The van der Waals surface area contributed by atoms with Crippen molar-refractivity contribution < 1.29 is 4.52 Å². The summed E-state index contributed by atoms with van der Waals surface area (Å²) in [7, 11) is 0. The third kappa shape index (κ3) is 2.17. The van der Waals surface area contributed by atoms with Crippen LogP contribution in [0.4, 0.5) is 0 Å². The van der Waals surface area contributed by atoms with Gasteiger partial charge in [0.1, 0.15) is 6.54 Å². The Balaban J connectivity index is 1.79. The molecule has 0 bridgehead atoms. The minimum Gasteiger partial charge on any atom is -0.337 e. The van der Waals surface area contributed by atoms with Gasteiger partial charge in [0.15, 0.2) is 5.82 Å². The van der Waals surface area contributed by atoms with E-state index < -0.39 is 0 Å². The summed E-state index contributed by atoms with van der Waals surface area (Å²) in [4.78, 5) is 4.44. The van der Waals surface area contributed by atoms with E-state index in [1.807, 2.05) is 4.68 Å². The second-order valence-corrected chi connectivity index (χ2v) is 4.81. The molecule has 1 fully saturated rings. The Morgan fingerprint density at radius 1 is 1.33 bits per heavy atom. The predicted octanol–water partition coefficient (Wildman–Crippen LogP) is 2.32. The van der Waals surface area contributed by atoms with E-state index in [1.54, 1.807) is 0 Å². The molecule has 1 aliphatic rings. The molecule has 0 aliphatic heterocycles. The molecule has 2 aromatic rings. The van der Waals surface area contributed by atoms with Crippen LogP contribution in [0.15, 0.2) is 10.6 Å². The van der Waals surface area contributed by atoms with Gasteiger partial charge in [-0.15, -0.1) is 0 Å². The van der Waals surface area contributed by atoms with Gasteiger partial charge in [-0.1, -0.05) is 19.0 Å². The Hall–Kier alpha value is -1.65. The highest BCUT2D eigenvalue weighted by Gasteiger charge is 2.28. The van der Waals surface area contributed by atoms with Crippen molar-refractivity contribution in [3.8, 4) is 0 Å². The van der Waals surface area contributed by atoms with Crippen LogP contribution in [0.2, 0.25) is 0 Å². The maximum absolute atomic E-state index is 5.29. The van der Waals surface area contributed by atoms with Gasteiger partial charge >= 0.3 is 0 Å². The van der Waals surface area contributed by atoms with Crippen LogP contribution in [0.25, 0.3) is 0 Å². The highest BCUT2D eigenvalue weighted by molar-refractivity contribution is 5.11. The maximum Gasteiger partial charge on any atom is 0.248 e. The molecule has 0 amide bonds. The van der Waals surface area contributed by atoms with Crippen LogP contribution in [0.1, 0.15) is 55.7 Å². The zero-order valence-electron chi connectivity index (χ0n) is 10.9. The SMILES string of the molecule is CCc1cc(CC)n(Cc2nc(C3CC3)no2)n1. The molecule has 0 atom stereocenters. The molecular formula is C13H18N4O. The Labute approximate surface area is 106 Å². The summed E-state index contributed by atoms with van der Waals surface area (Å²) in [6, 6.07) is 2.15. The number of nitrogens with zero attached hydrogens (tertiary/aromatic N) is 4. The molecule has 5 nitrogen and oxygen atoms in total. The molecular weight excluding hydrogens is 228 g/mol. The van der Waals surface area contributed by atoms with E-state index in [0.29, 0.717) is 18.4 Å². The van der Waals surface area contributed by atoms with E-state index in [0.717, 1.165) is 24.4 Å². The highest BCUT2D eigenvalue weighted by atomic mass is 16.5. The molecule has 96 valence electrons. The molecule has 2 heterocycles. The quantitative estimate of drug-likeness (QED) is 0.812. The topological polar surface area (TPSA) is 56.7 Å². The van der Waals surface area contributed by atoms with E-state index in [2.05, 4.69) is 35.2 Å². The van der Waals surface area contributed by atoms with Gasteiger partial charge in [-0.25, -0.2) is 0 Å². The van der Waals surface area contributed by atoms with E-state index in [4.69, 9.17) is 4.52 Å². The second kappa shape index (κ2) is 4.55. The molecule has 0 aromatic carbocycles. The van der Waals surface area contributed by atoms with Crippen LogP contribution in [-0.4, -0.2) is 19.9 Å². The van der Waals surface area contributed by atoms with Crippen molar-refractivity contribution in [2.75, 3.05) is 0 Å². The fourth-order valence-corrected chi connectivity index (χ4v) is 2.08. The zero-order chi connectivity index (χ0) is 12.5. The van der Waals surface area contributed by atoms with Crippen LogP contribution < -0.4 is 0 Å². The largest absolute Gasteiger partial charge is 0.337 e. The first kappa shape index (κ1) is 11.4. The molecule has 0 radical (unpaired) electrons. The van der Waals surface area contributed by atoms with Gasteiger partial charge < -0.3 is 4.52 Å². The third-order valence-corrected chi connectivity index (χ3v) is 3.35. The summed E-state index contributed by atoms with van der Waals surface area (Å²) >= 11 is 0. The van der Waals surface area contributed by atoms with Crippen LogP contribution in [-0.2, 0) is 19.4 Å². The smallest absolute Gasteiger partial charge is 0.248 e. The Morgan fingerprint density at radius 2 is 2.17 bits per heavy atom. The predicted molar refractivity (Wildman–Crippen MR) is 66.4 cm³/mol. The Bertz CT molecular complexity index is 539. The second-order valence-electron chi connectivity index (χ2n) is 4.81. The maximum atomic E-state index is 5.29. The van der Waals surface area contributed by atoms with Gasteiger partial charge in [-0.2, -0.15) is 10.1 Å². The summed E-state index contributed by atoms with van der Waals surface area (Å²) in [5.74, 6) is 2.07. The first-order chi connectivity index (χ1) is 8.80. The molecule has 1 aliphatic carbocycles. The lowest BCUT2D eigenvalue weighted by Crippen LogP contribution is -2.06. The highest BCUT2D eigenvalue weighted by Crippen LogP contribution is 2.38. The van der Waals surface area contributed by atoms with Gasteiger partial charge in [0.25, 0.3) is 0 Å². The van der Waals surface area contributed by atoms with Gasteiger partial charge in [-0.05, 0) is 31.7 Å². The number of aromatic nitrogens is 4. The standard InChI is InChI=1S/C13H18N4O/c1-3-10-7-11(4-2)17(15-10)8-12-14-13(16-18-12)9-5-6-9/h7,9H,3-6,8H2,1-2H3. The summed E-state index contributed by atoms with van der Waals surface area (Å²) in [6.45, 7) is 4.84. The van der Waals surface area contributed by atoms with Crippen molar-refractivity contribution in [1.82, 2.24) is 19.9 Å². The normalized spacial score (nSPS) is 15.2. The Morgan fingerprint density at radius 3 is 2.83 bits per heavy atom. The summed E-state index contributed by atoms with van der Waals surface area (Å²) in [6.07, 6.45) is 4.32. The third-order valence-electron chi connectivity index (χ3n) is 3.35. The molecule has 0 spiro atoms. The van der Waals surface area contributed by atoms with E-state index in [1.165, 1.54) is 18.5 Å². The number of hydrogen-bond donors (Lipinski definition) is 0. The molecule has 0 unspecified atom stereocenters. The first-order valence-electron chi connectivity index (χ1n) is 6.68. The average Bonchev–Trinajstić information content (AvgIpc) is 3.00. The summed E-state index contributed by atoms with van der Waals surface area (Å²) < 4.78 is 7.27. The summed E-state index contributed by atoms with van der Waals surface area (Å²) in [5.41, 5.74) is 2.34. The summed E-state index contributed by atoms with van der Waals surface area (Å²) in [5, 5.41) is 8.58. The number of hydrogen-bond acceptors (Lipinski definition) is 4. The van der Waals surface area contributed by atoms with Crippen molar-refractivity contribution in [3.05, 3.63) is 29.2 Å². The van der Waals surface area contributed by atoms with Crippen molar-refractivity contribution in [3.63, 3.8) is 0 Å². The molecule has 0 saturated heterocycles. The first-order valence-corrected chi connectivity index (χ1v) is 6.68.